The molecular weight excluding hydrogens is 282 g/mol. The van der Waals surface area contributed by atoms with Gasteiger partial charge in [0.1, 0.15) is 0 Å². The van der Waals surface area contributed by atoms with Crippen molar-refractivity contribution in [3.63, 3.8) is 0 Å². The third-order valence-corrected chi connectivity index (χ3v) is 3.40. The van der Waals surface area contributed by atoms with E-state index < -0.39 is 0 Å². The highest BCUT2D eigenvalue weighted by molar-refractivity contribution is 5.71. The van der Waals surface area contributed by atoms with Crippen LogP contribution in [0, 0.1) is 5.41 Å². The van der Waals surface area contributed by atoms with Crippen molar-refractivity contribution in [1.82, 2.24) is 0 Å². The summed E-state index contributed by atoms with van der Waals surface area (Å²) in [4.78, 5) is 0. The van der Waals surface area contributed by atoms with E-state index in [0.29, 0.717) is 5.92 Å². The van der Waals surface area contributed by atoms with Crippen LogP contribution in [-0.2, 0) is 0 Å². The molecule has 0 saturated heterocycles. The first-order valence-corrected chi connectivity index (χ1v) is 7.43. The van der Waals surface area contributed by atoms with Crippen LogP contribution in [0.1, 0.15) is 22.6 Å². The van der Waals surface area contributed by atoms with E-state index in [1.165, 1.54) is 16.7 Å². The molecule has 0 spiro atoms. The number of benzene rings is 3. The molecule has 3 rings (SSSR count). The van der Waals surface area contributed by atoms with Gasteiger partial charge in [-0.1, -0.05) is 91.0 Å². The molecule has 0 radical (unpaired) electrons. The van der Waals surface area contributed by atoms with Crippen molar-refractivity contribution in [2.24, 2.45) is 11.5 Å². The highest BCUT2D eigenvalue weighted by Crippen LogP contribution is 2.31. The Morgan fingerprint density at radius 3 is 1.00 bits per heavy atom. The molecule has 0 unspecified atom stereocenters. The Morgan fingerprint density at radius 2 is 0.783 bits per heavy atom. The van der Waals surface area contributed by atoms with Crippen LogP contribution in [-0.4, -0.2) is 5.96 Å². The zero-order chi connectivity index (χ0) is 16.5. The number of nitrogens with two attached hydrogens (primary N) is 2. The van der Waals surface area contributed by atoms with E-state index in [-0.39, 0.29) is 5.96 Å². The SMILES string of the molecule is N=C(N)N.c1ccc(C(c2ccccc2)c2ccccc2)cc1. The van der Waals surface area contributed by atoms with Gasteiger partial charge in [-0.05, 0) is 16.7 Å². The Bertz CT molecular complexity index is 612. The summed E-state index contributed by atoms with van der Waals surface area (Å²) in [6.45, 7) is 0. The Morgan fingerprint density at radius 1 is 0.565 bits per heavy atom. The van der Waals surface area contributed by atoms with Crippen molar-refractivity contribution in [1.29, 1.82) is 5.41 Å². The summed E-state index contributed by atoms with van der Waals surface area (Å²) in [5.74, 6) is -0.0244. The van der Waals surface area contributed by atoms with Gasteiger partial charge in [0.05, 0.1) is 0 Å². The van der Waals surface area contributed by atoms with Gasteiger partial charge in [-0.3, -0.25) is 5.41 Å². The molecule has 0 aromatic heterocycles. The standard InChI is InChI=1S/C19H16.CH5N3/c1-4-10-16(11-5-1)19(17-12-6-2-7-13-17)18-14-8-3-9-15-18;2-1(3)4/h1-15,19H;(H5,2,3,4). The van der Waals surface area contributed by atoms with E-state index in [1.807, 2.05) is 0 Å². The lowest BCUT2D eigenvalue weighted by Crippen LogP contribution is -2.20. The number of hydrogen-bond acceptors (Lipinski definition) is 1. The van der Waals surface area contributed by atoms with Gasteiger partial charge in [0.25, 0.3) is 0 Å². The molecule has 3 heteroatoms. The zero-order valence-electron chi connectivity index (χ0n) is 12.9. The van der Waals surface area contributed by atoms with Gasteiger partial charge in [0.15, 0.2) is 5.96 Å². The molecule has 116 valence electrons. The van der Waals surface area contributed by atoms with E-state index in [0.717, 1.165) is 0 Å². The third kappa shape index (κ3) is 5.00. The van der Waals surface area contributed by atoms with Gasteiger partial charge in [0.2, 0.25) is 0 Å². The summed E-state index contributed by atoms with van der Waals surface area (Å²) >= 11 is 0. The van der Waals surface area contributed by atoms with Gasteiger partial charge in [-0.25, -0.2) is 0 Å². The van der Waals surface area contributed by atoms with Crippen LogP contribution in [0.15, 0.2) is 91.0 Å². The van der Waals surface area contributed by atoms with Crippen molar-refractivity contribution >= 4 is 5.96 Å². The minimum atomic E-state index is -0.333. The molecule has 23 heavy (non-hydrogen) atoms. The molecule has 0 fully saturated rings. The van der Waals surface area contributed by atoms with Crippen molar-refractivity contribution < 1.29 is 0 Å². The lowest BCUT2D eigenvalue weighted by Gasteiger charge is -2.18. The number of hydrogen-bond donors (Lipinski definition) is 3. The van der Waals surface area contributed by atoms with Crippen LogP contribution in [0.25, 0.3) is 0 Å². The lowest BCUT2D eigenvalue weighted by atomic mass is 9.85. The van der Waals surface area contributed by atoms with Gasteiger partial charge >= 0.3 is 0 Å². The highest BCUT2D eigenvalue weighted by Gasteiger charge is 2.15. The predicted octanol–water partition coefficient (Wildman–Crippen LogP) is 3.71. The Labute approximate surface area is 137 Å². The first-order chi connectivity index (χ1) is 11.2. The molecule has 0 saturated carbocycles. The van der Waals surface area contributed by atoms with Crippen molar-refractivity contribution in [3.05, 3.63) is 108 Å². The normalized spacial score (nSPS) is 9.78. The Kier molecular flexibility index (Phi) is 5.95. The molecule has 3 aromatic rings. The Balaban J connectivity index is 0.000000433. The van der Waals surface area contributed by atoms with Crippen LogP contribution < -0.4 is 11.5 Å². The topological polar surface area (TPSA) is 75.9 Å². The average Bonchev–Trinajstić information content (AvgIpc) is 2.58. The quantitative estimate of drug-likeness (QED) is 0.392. The third-order valence-electron chi connectivity index (χ3n) is 3.40. The molecule has 3 aromatic carbocycles. The summed E-state index contributed by atoms with van der Waals surface area (Å²) in [5, 5.41) is 6.06. The fourth-order valence-electron chi connectivity index (χ4n) is 2.51. The van der Waals surface area contributed by atoms with Gasteiger partial charge in [0, 0.05) is 5.92 Å². The van der Waals surface area contributed by atoms with Crippen LogP contribution in [0.3, 0.4) is 0 Å². The van der Waals surface area contributed by atoms with Crippen molar-refractivity contribution in [2.75, 3.05) is 0 Å². The van der Waals surface area contributed by atoms with Crippen LogP contribution in [0.5, 0.6) is 0 Å². The lowest BCUT2D eigenvalue weighted by molar-refractivity contribution is 0.977. The second kappa shape index (κ2) is 8.39. The fourth-order valence-corrected chi connectivity index (χ4v) is 2.51. The van der Waals surface area contributed by atoms with Crippen molar-refractivity contribution in [3.8, 4) is 0 Å². The van der Waals surface area contributed by atoms with Crippen molar-refractivity contribution in [2.45, 2.75) is 5.92 Å². The van der Waals surface area contributed by atoms with Crippen LogP contribution in [0.4, 0.5) is 0 Å². The summed E-state index contributed by atoms with van der Waals surface area (Å²) in [7, 11) is 0. The van der Waals surface area contributed by atoms with Crippen LogP contribution >= 0.6 is 0 Å². The first-order valence-electron chi connectivity index (χ1n) is 7.43. The second-order valence-corrected chi connectivity index (χ2v) is 5.12. The number of nitrogens with one attached hydrogen (secondary N) is 1. The molecule has 0 aliphatic carbocycles. The largest absolute Gasteiger partial charge is 0.370 e. The van der Waals surface area contributed by atoms with E-state index in [2.05, 4.69) is 102 Å². The molecule has 0 atom stereocenters. The minimum absolute atomic E-state index is 0.309. The summed E-state index contributed by atoms with van der Waals surface area (Å²) < 4.78 is 0. The molecule has 0 aliphatic heterocycles. The van der Waals surface area contributed by atoms with Gasteiger partial charge in [-0.15, -0.1) is 0 Å². The van der Waals surface area contributed by atoms with Gasteiger partial charge in [-0.2, -0.15) is 0 Å². The zero-order valence-corrected chi connectivity index (χ0v) is 12.9. The summed E-state index contributed by atoms with van der Waals surface area (Å²) in [6.07, 6.45) is 0. The maximum Gasteiger partial charge on any atom is 0.183 e. The molecule has 3 nitrogen and oxygen atoms in total. The predicted molar refractivity (Wildman–Crippen MR) is 96.4 cm³/mol. The number of rotatable bonds is 3. The molecular formula is C20H21N3. The molecule has 0 bridgehead atoms. The van der Waals surface area contributed by atoms with E-state index >= 15 is 0 Å². The fraction of sp³-hybridized carbons (Fsp3) is 0.0500. The highest BCUT2D eigenvalue weighted by atomic mass is 14.9. The average molecular weight is 303 g/mol. The molecule has 0 amide bonds. The smallest absolute Gasteiger partial charge is 0.183 e. The van der Waals surface area contributed by atoms with Crippen LogP contribution in [0.2, 0.25) is 0 Å². The summed E-state index contributed by atoms with van der Waals surface area (Å²) in [6, 6.07) is 32.0. The first kappa shape index (κ1) is 16.3. The number of guanidine groups is 1. The molecule has 0 heterocycles. The maximum atomic E-state index is 6.06. The molecule has 0 aliphatic rings. The van der Waals surface area contributed by atoms with E-state index in [1.54, 1.807) is 0 Å². The minimum Gasteiger partial charge on any atom is -0.370 e. The maximum absolute atomic E-state index is 6.06. The summed E-state index contributed by atoms with van der Waals surface area (Å²) in [5.41, 5.74) is 12.9. The van der Waals surface area contributed by atoms with E-state index in [9.17, 15) is 0 Å². The second-order valence-electron chi connectivity index (χ2n) is 5.12. The Hall–Kier alpha value is -3.07. The van der Waals surface area contributed by atoms with Gasteiger partial charge < -0.3 is 11.5 Å². The molecule has 5 N–H and O–H groups in total. The monoisotopic (exact) mass is 303 g/mol. The van der Waals surface area contributed by atoms with E-state index in [4.69, 9.17) is 5.41 Å².